The van der Waals surface area contributed by atoms with Crippen LogP contribution in [0.4, 0.5) is 0 Å². The van der Waals surface area contributed by atoms with Crippen LogP contribution in [0.3, 0.4) is 0 Å². The lowest BCUT2D eigenvalue weighted by Crippen LogP contribution is -2.14. The van der Waals surface area contributed by atoms with Gasteiger partial charge in [-0.15, -0.1) is 10.1 Å². The van der Waals surface area contributed by atoms with E-state index in [1.165, 1.54) is 0 Å². The minimum absolute atomic E-state index is 0.335. The molecule has 0 radical (unpaired) electrons. The molecule has 106 valence electrons. The van der Waals surface area contributed by atoms with Crippen molar-refractivity contribution in [3.63, 3.8) is 0 Å². The van der Waals surface area contributed by atoms with Gasteiger partial charge in [-0.05, 0) is 19.4 Å². The fourth-order valence-electron chi connectivity index (χ4n) is 1.54. The molecule has 0 amide bonds. The van der Waals surface area contributed by atoms with E-state index in [1.807, 2.05) is 32.0 Å². The van der Waals surface area contributed by atoms with Gasteiger partial charge in [0.25, 0.3) is 5.09 Å². The van der Waals surface area contributed by atoms with Crippen molar-refractivity contribution >= 4 is 8.38 Å². The molecule has 1 aromatic carbocycles. The quantitative estimate of drug-likeness (QED) is 0.396. The van der Waals surface area contributed by atoms with Crippen molar-refractivity contribution in [1.82, 2.24) is 0 Å². The first-order valence-electron chi connectivity index (χ1n) is 6.06. The monoisotopic (exact) mass is 287 g/mol. The summed E-state index contributed by atoms with van der Waals surface area (Å²) in [5, 5.41) is 9.81. The molecular weight excluding hydrogens is 269 g/mol. The van der Waals surface area contributed by atoms with E-state index in [1.54, 1.807) is 12.1 Å². The van der Waals surface area contributed by atoms with Gasteiger partial charge in [-0.3, -0.25) is 0 Å². The van der Waals surface area contributed by atoms with Crippen molar-refractivity contribution in [3.8, 4) is 0 Å². The van der Waals surface area contributed by atoms with Crippen molar-refractivity contribution in [2.75, 3.05) is 19.4 Å². The van der Waals surface area contributed by atoms with Crippen LogP contribution in [-0.2, 0) is 13.9 Å². The van der Waals surface area contributed by atoms with Crippen LogP contribution in [0, 0.1) is 10.1 Å². The summed E-state index contributed by atoms with van der Waals surface area (Å²) in [4.78, 5) is 15.3. The van der Waals surface area contributed by atoms with Gasteiger partial charge in [0.1, 0.15) is 6.10 Å². The number of nitrogens with zero attached hydrogens (tertiary/aromatic N) is 1. The fraction of sp³-hybridized carbons (Fsp3) is 0.500. The van der Waals surface area contributed by atoms with Crippen LogP contribution in [-0.4, -0.2) is 24.5 Å². The molecule has 7 heteroatoms. The summed E-state index contributed by atoms with van der Waals surface area (Å²) < 4.78 is 10.9. The maximum Gasteiger partial charge on any atom is 0.295 e. The first-order chi connectivity index (χ1) is 9.17. The zero-order valence-corrected chi connectivity index (χ0v) is 11.9. The first-order valence-corrected chi connectivity index (χ1v) is 7.43. The summed E-state index contributed by atoms with van der Waals surface area (Å²) in [6.07, 6.45) is -0.331. The molecule has 6 nitrogen and oxygen atoms in total. The average molecular weight is 287 g/mol. The topological polar surface area (TPSA) is 70.8 Å². The Hall–Kier alpha value is -1.23. The van der Waals surface area contributed by atoms with Gasteiger partial charge in [0.05, 0.1) is 13.2 Å². The molecule has 0 saturated carbocycles. The van der Waals surface area contributed by atoms with Crippen LogP contribution >= 0.6 is 8.38 Å². The van der Waals surface area contributed by atoms with E-state index in [0.29, 0.717) is 19.4 Å². The zero-order chi connectivity index (χ0) is 14.1. The molecule has 0 aliphatic heterocycles. The van der Waals surface area contributed by atoms with Crippen LogP contribution in [0.5, 0.6) is 0 Å². The summed E-state index contributed by atoms with van der Waals surface area (Å²) in [5.74, 6) is 0. The van der Waals surface area contributed by atoms with Gasteiger partial charge < -0.3 is 13.9 Å². The van der Waals surface area contributed by atoms with Crippen molar-refractivity contribution in [1.29, 1.82) is 0 Å². The summed E-state index contributed by atoms with van der Waals surface area (Å²) in [7, 11) is -1.18. The molecule has 0 aliphatic rings. The average Bonchev–Trinajstić information content (AvgIpc) is 2.39. The number of benzene rings is 1. The maximum absolute atomic E-state index is 10.6. The van der Waals surface area contributed by atoms with Gasteiger partial charge in [0, 0.05) is 6.16 Å². The Balaban J connectivity index is 2.75. The normalized spacial score (nSPS) is 12.4. The minimum atomic E-state index is -1.18. The predicted octanol–water partition coefficient (Wildman–Crippen LogP) is 3.32. The molecule has 0 fully saturated rings. The third kappa shape index (κ3) is 5.96. The lowest BCUT2D eigenvalue weighted by atomic mass is 10.1. The van der Waals surface area contributed by atoms with E-state index in [0.717, 1.165) is 5.56 Å². The van der Waals surface area contributed by atoms with Gasteiger partial charge in [-0.2, -0.15) is 0 Å². The molecule has 1 rings (SSSR count). The molecule has 1 atom stereocenters. The Morgan fingerprint density at radius 3 is 2.26 bits per heavy atom. The second kappa shape index (κ2) is 8.80. The van der Waals surface area contributed by atoms with Crippen LogP contribution in [0.25, 0.3) is 0 Å². The summed E-state index contributed by atoms with van der Waals surface area (Å²) in [6.45, 7) is 4.73. The highest BCUT2D eigenvalue weighted by molar-refractivity contribution is 7.47. The summed E-state index contributed by atoms with van der Waals surface area (Å²) >= 11 is 0. The Bertz CT molecular complexity index is 370. The molecule has 0 spiro atoms. The highest BCUT2D eigenvalue weighted by Gasteiger charge is 2.22. The van der Waals surface area contributed by atoms with Crippen molar-refractivity contribution in [2.45, 2.75) is 20.0 Å². The van der Waals surface area contributed by atoms with Crippen LogP contribution in [0.15, 0.2) is 30.3 Å². The Kier molecular flexibility index (Phi) is 7.33. The van der Waals surface area contributed by atoms with E-state index in [-0.39, 0.29) is 0 Å². The van der Waals surface area contributed by atoms with Gasteiger partial charge >= 0.3 is 0 Å². The van der Waals surface area contributed by atoms with Crippen molar-refractivity contribution in [3.05, 3.63) is 46.0 Å². The highest BCUT2D eigenvalue weighted by Crippen LogP contribution is 2.42. The Morgan fingerprint density at radius 1 is 1.21 bits per heavy atom. The summed E-state index contributed by atoms with van der Waals surface area (Å²) in [6, 6.07) is 9.06. The van der Waals surface area contributed by atoms with E-state index < -0.39 is 19.6 Å². The van der Waals surface area contributed by atoms with Crippen molar-refractivity contribution in [2.24, 2.45) is 0 Å². The third-order valence-electron chi connectivity index (χ3n) is 2.25. The molecule has 1 aromatic rings. The standard InChI is InChI=1S/C12H18NO5P/c1-3-16-19(17-4-2)10-12(18-13(14)15)11-8-6-5-7-9-11/h5-9,12H,3-4,10H2,1-2H3. The van der Waals surface area contributed by atoms with Crippen LogP contribution in [0.2, 0.25) is 0 Å². The highest BCUT2D eigenvalue weighted by atomic mass is 31.2. The molecular formula is C12H18NO5P. The molecule has 0 aliphatic carbocycles. The van der Waals surface area contributed by atoms with Crippen LogP contribution in [0.1, 0.15) is 25.5 Å². The van der Waals surface area contributed by atoms with Gasteiger partial charge in [0.15, 0.2) is 8.38 Å². The SMILES string of the molecule is CCOP(CC(O[N+](=O)[O-])c1ccccc1)OCC. The zero-order valence-electron chi connectivity index (χ0n) is 11.0. The Labute approximate surface area is 113 Å². The second-order valence-corrected chi connectivity index (χ2v) is 5.13. The lowest BCUT2D eigenvalue weighted by molar-refractivity contribution is -0.769. The molecule has 0 saturated heterocycles. The molecule has 0 bridgehead atoms. The van der Waals surface area contributed by atoms with E-state index in [2.05, 4.69) is 0 Å². The molecule has 0 heterocycles. The fourth-order valence-corrected chi connectivity index (χ4v) is 2.95. The molecule has 19 heavy (non-hydrogen) atoms. The van der Waals surface area contributed by atoms with Gasteiger partial charge in [0.2, 0.25) is 0 Å². The van der Waals surface area contributed by atoms with E-state index >= 15 is 0 Å². The van der Waals surface area contributed by atoms with Crippen LogP contribution < -0.4 is 0 Å². The summed E-state index contributed by atoms with van der Waals surface area (Å²) in [5.41, 5.74) is 0.742. The molecule has 1 unspecified atom stereocenters. The first kappa shape index (κ1) is 15.8. The van der Waals surface area contributed by atoms with E-state index in [9.17, 15) is 10.1 Å². The number of hydrogen-bond acceptors (Lipinski definition) is 5. The third-order valence-corrected chi connectivity index (χ3v) is 3.97. The molecule has 0 N–H and O–H groups in total. The predicted molar refractivity (Wildman–Crippen MR) is 72.3 cm³/mol. The number of hydrogen-bond donors (Lipinski definition) is 0. The number of rotatable bonds is 9. The lowest BCUT2D eigenvalue weighted by Gasteiger charge is -2.21. The minimum Gasteiger partial charge on any atom is -0.334 e. The smallest absolute Gasteiger partial charge is 0.295 e. The largest absolute Gasteiger partial charge is 0.334 e. The van der Waals surface area contributed by atoms with Gasteiger partial charge in [-0.25, -0.2) is 0 Å². The maximum atomic E-state index is 10.6. The van der Waals surface area contributed by atoms with Gasteiger partial charge in [-0.1, -0.05) is 30.3 Å². The molecule has 0 aromatic heterocycles. The van der Waals surface area contributed by atoms with E-state index in [4.69, 9.17) is 13.9 Å². The Morgan fingerprint density at radius 2 is 1.79 bits per heavy atom. The van der Waals surface area contributed by atoms with Crippen molar-refractivity contribution < 1.29 is 19.0 Å². The second-order valence-electron chi connectivity index (χ2n) is 3.58.